The Morgan fingerprint density at radius 1 is 1.35 bits per heavy atom. The summed E-state index contributed by atoms with van der Waals surface area (Å²) in [7, 11) is -3.09. The van der Waals surface area contributed by atoms with E-state index in [2.05, 4.69) is 0 Å². The maximum atomic E-state index is 12.5. The molecule has 20 heavy (non-hydrogen) atoms. The van der Waals surface area contributed by atoms with Gasteiger partial charge in [0.15, 0.2) is 9.84 Å². The van der Waals surface area contributed by atoms with Gasteiger partial charge >= 0.3 is 0 Å². The molecule has 0 spiro atoms. The van der Waals surface area contributed by atoms with Crippen molar-refractivity contribution in [2.24, 2.45) is 17.6 Å². The smallest absolute Gasteiger partial charge is 0.226 e. The van der Waals surface area contributed by atoms with E-state index in [1.807, 2.05) is 0 Å². The molecule has 0 aromatic rings. The number of sulfone groups is 1. The van der Waals surface area contributed by atoms with Crippen LogP contribution in [0.2, 0.25) is 0 Å². The predicted octanol–water partition coefficient (Wildman–Crippen LogP) is 0.819. The minimum Gasteiger partial charge on any atom is -0.340 e. The average Bonchev–Trinajstić information content (AvgIpc) is 2.80. The van der Waals surface area contributed by atoms with E-state index in [9.17, 15) is 13.2 Å². The van der Waals surface area contributed by atoms with E-state index in [0.717, 1.165) is 19.3 Å². The first-order valence-corrected chi connectivity index (χ1v) is 8.65. The number of nitrogens with zero attached hydrogens (tertiary/aromatic N) is 1. The largest absolute Gasteiger partial charge is 0.340 e. The van der Waals surface area contributed by atoms with Gasteiger partial charge in [-0.15, -0.1) is 12.4 Å². The minimum absolute atomic E-state index is 0. The van der Waals surface area contributed by atoms with E-state index in [1.54, 1.807) is 18.7 Å². The lowest BCUT2D eigenvalue weighted by molar-refractivity contribution is -0.137. The molecule has 1 heterocycles. The molecule has 0 bridgehead atoms. The molecule has 7 heteroatoms. The maximum absolute atomic E-state index is 12.5. The van der Waals surface area contributed by atoms with Gasteiger partial charge in [0, 0.05) is 19.0 Å². The van der Waals surface area contributed by atoms with Crippen LogP contribution in [0.4, 0.5) is 0 Å². The third kappa shape index (κ3) is 3.12. The van der Waals surface area contributed by atoms with Crippen LogP contribution in [-0.4, -0.2) is 49.4 Å². The monoisotopic (exact) mass is 324 g/mol. The van der Waals surface area contributed by atoms with Gasteiger partial charge in [-0.1, -0.05) is 6.42 Å². The summed E-state index contributed by atoms with van der Waals surface area (Å²) in [4.78, 5) is 14.3. The van der Waals surface area contributed by atoms with Crippen LogP contribution in [-0.2, 0) is 14.6 Å². The summed E-state index contributed by atoms with van der Waals surface area (Å²) >= 11 is 0. The second kappa shape index (κ2) is 6.20. The zero-order chi connectivity index (χ0) is 14.3. The second-order valence-corrected chi connectivity index (χ2v) is 9.11. The van der Waals surface area contributed by atoms with E-state index in [4.69, 9.17) is 5.73 Å². The topological polar surface area (TPSA) is 80.5 Å². The lowest BCUT2D eigenvalue weighted by Crippen LogP contribution is -2.56. The Morgan fingerprint density at radius 3 is 2.55 bits per heavy atom. The zero-order valence-corrected chi connectivity index (χ0v) is 13.8. The van der Waals surface area contributed by atoms with Crippen LogP contribution >= 0.6 is 12.4 Å². The van der Waals surface area contributed by atoms with Crippen molar-refractivity contribution in [2.45, 2.75) is 37.9 Å². The molecule has 2 atom stereocenters. The number of rotatable bonds is 2. The fourth-order valence-corrected chi connectivity index (χ4v) is 4.58. The summed E-state index contributed by atoms with van der Waals surface area (Å²) in [6, 6.07) is 0. The van der Waals surface area contributed by atoms with Crippen molar-refractivity contribution >= 4 is 28.2 Å². The number of carbonyl (C=O) groups excluding carboxylic acids is 1. The molecular weight excluding hydrogens is 300 g/mol. The fraction of sp³-hybridized carbons (Fsp3) is 0.923. The van der Waals surface area contributed by atoms with Gasteiger partial charge in [0.25, 0.3) is 0 Å². The third-order valence-corrected chi connectivity index (χ3v) is 7.17. The molecule has 0 aromatic heterocycles. The molecule has 0 radical (unpaired) electrons. The zero-order valence-electron chi connectivity index (χ0n) is 12.2. The molecule has 2 rings (SSSR count). The first-order chi connectivity index (χ1) is 8.78. The van der Waals surface area contributed by atoms with E-state index in [1.165, 1.54) is 0 Å². The molecule has 1 aliphatic heterocycles. The summed E-state index contributed by atoms with van der Waals surface area (Å²) in [5.74, 6) is 0.456. The average molecular weight is 325 g/mol. The van der Waals surface area contributed by atoms with Crippen molar-refractivity contribution < 1.29 is 13.2 Å². The quantitative estimate of drug-likeness (QED) is 0.815. The van der Waals surface area contributed by atoms with E-state index in [-0.39, 0.29) is 35.9 Å². The number of nitrogens with two attached hydrogens (primary N) is 1. The second-order valence-electron chi connectivity index (χ2n) is 6.37. The minimum atomic E-state index is -3.09. The van der Waals surface area contributed by atoms with Gasteiger partial charge in [-0.2, -0.15) is 0 Å². The van der Waals surface area contributed by atoms with Crippen molar-refractivity contribution in [1.29, 1.82) is 0 Å². The SMILES string of the molecule is CC1(C)CN(C(=O)[C@@H]2CCC[C@@H]2CN)CCS1(=O)=O.Cl. The van der Waals surface area contributed by atoms with Crippen molar-refractivity contribution in [2.75, 3.05) is 25.4 Å². The van der Waals surface area contributed by atoms with Crippen LogP contribution in [0.1, 0.15) is 33.1 Å². The van der Waals surface area contributed by atoms with Gasteiger partial charge in [0.1, 0.15) is 0 Å². The molecule has 1 aliphatic carbocycles. The van der Waals surface area contributed by atoms with Crippen LogP contribution in [0.15, 0.2) is 0 Å². The molecule has 0 aromatic carbocycles. The third-order valence-electron chi connectivity index (χ3n) is 4.63. The first-order valence-electron chi connectivity index (χ1n) is 6.99. The highest BCUT2D eigenvalue weighted by Gasteiger charge is 2.44. The Kier molecular flexibility index (Phi) is 5.49. The molecule has 1 saturated carbocycles. The molecule has 1 saturated heterocycles. The lowest BCUT2D eigenvalue weighted by atomic mass is 9.94. The highest BCUT2D eigenvalue weighted by Crippen LogP contribution is 2.34. The molecule has 1 amide bonds. The van der Waals surface area contributed by atoms with Crippen molar-refractivity contribution in [3.8, 4) is 0 Å². The Bertz CT molecular complexity index is 464. The van der Waals surface area contributed by atoms with Crippen LogP contribution in [0.3, 0.4) is 0 Å². The van der Waals surface area contributed by atoms with E-state index < -0.39 is 14.6 Å². The van der Waals surface area contributed by atoms with E-state index in [0.29, 0.717) is 19.6 Å². The Labute approximate surface area is 127 Å². The summed E-state index contributed by atoms with van der Waals surface area (Å²) in [5.41, 5.74) is 5.72. The van der Waals surface area contributed by atoms with Gasteiger partial charge in [-0.05, 0) is 39.2 Å². The molecular formula is C13H25ClN2O3S. The van der Waals surface area contributed by atoms with E-state index >= 15 is 0 Å². The number of amides is 1. The van der Waals surface area contributed by atoms with Gasteiger partial charge in [-0.25, -0.2) is 8.42 Å². The number of hydrogen-bond acceptors (Lipinski definition) is 4. The predicted molar refractivity (Wildman–Crippen MR) is 81.6 cm³/mol. The Balaban J connectivity index is 0.00000200. The molecule has 5 nitrogen and oxygen atoms in total. The Hall–Kier alpha value is -0.330. The molecule has 2 aliphatic rings. The number of hydrogen-bond donors (Lipinski definition) is 1. The molecule has 0 unspecified atom stereocenters. The molecule has 2 N–H and O–H groups in total. The summed E-state index contributed by atoms with van der Waals surface area (Å²) in [6.07, 6.45) is 2.96. The molecule has 118 valence electrons. The Morgan fingerprint density at radius 2 is 2.00 bits per heavy atom. The highest BCUT2D eigenvalue weighted by atomic mass is 35.5. The maximum Gasteiger partial charge on any atom is 0.226 e. The van der Waals surface area contributed by atoms with Gasteiger partial charge in [0.05, 0.1) is 10.5 Å². The standard InChI is InChI=1S/C13H24N2O3S.ClH/c1-13(2)9-15(6-7-19(13,17)18)12(16)11-5-3-4-10(11)8-14;/h10-11H,3-9,14H2,1-2H3;1H/t10-,11-;/m1./s1. The summed E-state index contributed by atoms with van der Waals surface area (Å²) in [5, 5.41) is 0. The normalized spacial score (nSPS) is 31.6. The lowest BCUT2D eigenvalue weighted by Gasteiger charge is -2.39. The van der Waals surface area contributed by atoms with Gasteiger partial charge < -0.3 is 10.6 Å². The van der Waals surface area contributed by atoms with Gasteiger partial charge in [-0.3, -0.25) is 4.79 Å². The summed E-state index contributed by atoms with van der Waals surface area (Å²) in [6.45, 7) is 4.60. The van der Waals surface area contributed by atoms with Crippen LogP contribution < -0.4 is 5.73 Å². The number of carbonyl (C=O) groups is 1. The fourth-order valence-electron chi connectivity index (χ4n) is 3.21. The van der Waals surface area contributed by atoms with Crippen molar-refractivity contribution in [3.05, 3.63) is 0 Å². The van der Waals surface area contributed by atoms with Crippen LogP contribution in [0.25, 0.3) is 0 Å². The molecule has 2 fully saturated rings. The first kappa shape index (κ1) is 17.7. The van der Waals surface area contributed by atoms with Crippen LogP contribution in [0.5, 0.6) is 0 Å². The van der Waals surface area contributed by atoms with Crippen molar-refractivity contribution in [1.82, 2.24) is 4.90 Å². The number of halogens is 1. The highest BCUT2D eigenvalue weighted by molar-refractivity contribution is 7.92. The van der Waals surface area contributed by atoms with Crippen molar-refractivity contribution in [3.63, 3.8) is 0 Å². The van der Waals surface area contributed by atoms with Gasteiger partial charge in [0.2, 0.25) is 5.91 Å². The summed E-state index contributed by atoms with van der Waals surface area (Å²) < 4.78 is 23.1. The van der Waals surface area contributed by atoms with Crippen LogP contribution in [0, 0.1) is 11.8 Å².